The van der Waals surface area contributed by atoms with Crippen LogP contribution in [0.15, 0.2) is 70.6 Å². The fourth-order valence-electron chi connectivity index (χ4n) is 3.96. The summed E-state index contributed by atoms with van der Waals surface area (Å²) in [6.07, 6.45) is 1.19. The fourth-order valence-corrected chi connectivity index (χ4v) is 5.72. The van der Waals surface area contributed by atoms with E-state index >= 15 is 0 Å². The van der Waals surface area contributed by atoms with Crippen LogP contribution in [0, 0.1) is 6.92 Å². The van der Waals surface area contributed by atoms with Crippen LogP contribution in [-0.4, -0.2) is 53.0 Å². The summed E-state index contributed by atoms with van der Waals surface area (Å²) in [5.74, 6) is 0.839. The third-order valence-corrected chi connectivity index (χ3v) is 8.19. The number of para-hydroxylation sites is 1. The third-order valence-electron chi connectivity index (χ3n) is 5.81. The molecule has 1 aliphatic heterocycles. The SMILES string of the molecule is Cc1ccc(S(=O)(=O)NCCc2nnc3ccc(SCC(=O)N4CCc5ccccc54)nn23)cc1. The monoisotopic (exact) mass is 508 g/mol. The van der Waals surface area contributed by atoms with Crippen LogP contribution in [0.2, 0.25) is 0 Å². The zero-order valence-electron chi connectivity index (χ0n) is 19.1. The van der Waals surface area contributed by atoms with Gasteiger partial charge in [0.1, 0.15) is 5.03 Å². The first-order valence-corrected chi connectivity index (χ1v) is 13.7. The highest BCUT2D eigenvalue weighted by Gasteiger charge is 2.24. The predicted octanol–water partition coefficient (Wildman–Crippen LogP) is 2.64. The van der Waals surface area contributed by atoms with Crippen molar-refractivity contribution in [1.82, 2.24) is 24.5 Å². The number of carbonyl (C=O) groups is 1. The number of aromatic nitrogens is 4. The highest BCUT2D eigenvalue weighted by Crippen LogP contribution is 2.28. The van der Waals surface area contributed by atoms with Crippen LogP contribution >= 0.6 is 11.8 Å². The first-order valence-electron chi connectivity index (χ1n) is 11.2. The van der Waals surface area contributed by atoms with E-state index in [4.69, 9.17) is 0 Å². The molecule has 0 fully saturated rings. The second kappa shape index (κ2) is 9.76. The van der Waals surface area contributed by atoms with Crippen LogP contribution in [0.25, 0.3) is 5.65 Å². The molecule has 2 aromatic carbocycles. The Hall–Kier alpha value is -3.28. The summed E-state index contributed by atoms with van der Waals surface area (Å²) < 4.78 is 29.2. The Bertz CT molecular complexity index is 1480. The number of nitrogens with zero attached hydrogens (tertiary/aromatic N) is 5. The van der Waals surface area contributed by atoms with Gasteiger partial charge in [0.15, 0.2) is 11.5 Å². The molecule has 0 bridgehead atoms. The van der Waals surface area contributed by atoms with Crippen molar-refractivity contribution in [2.24, 2.45) is 0 Å². The van der Waals surface area contributed by atoms with Gasteiger partial charge in [0, 0.05) is 25.2 Å². The number of aryl methyl sites for hydroxylation is 1. The zero-order chi connectivity index (χ0) is 24.4. The van der Waals surface area contributed by atoms with Crippen molar-refractivity contribution in [3.05, 3.63) is 77.6 Å². The van der Waals surface area contributed by atoms with Gasteiger partial charge in [-0.05, 0) is 49.2 Å². The van der Waals surface area contributed by atoms with Crippen molar-refractivity contribution in [2.45, 2.75) is 29.7 Å². The molecule has 4 aromatic rings. The number of hydrogen-bond donors (Lipinski definition) is 1. The van der Waals surface area contributed by atoms with Gasteiger partial charge in [-0.15, -0.1) is 10.2 Å². The maximum Gasteiger partial charge on any atom is 0.240 e. The number of hydrogen-bond acceptors (Lipinski definition) is 7. The molecule has 1 aliphatic rings. The zero-order valence-corrected chi connectivity index (χ0v) is 20.7. The molecule has 9 nitrogen and oxygen atoms in total. The van der Waals surface area contributed by atoms with Crippen molar-refractivity contribution < 1.29 is 13.2 Å². The minimum Gasteiger partial charge on any atom is -0.311 e. The molecule has 35 heavy (non-hydrogen) atoms. The Morgan fingerprint density at radius 2 is 1.86 bits per heavy atom. The molecule has 5 rings (SSSR count). The maximum atomic E-state index is 12.8. The molecule has 3 heterocycles. The number of sulfonamides is 1. The van der Waals surface area contributed by atoms with E-state index < -0.39 is 10.0 Å². The maximum absolute atomic E-state index is 12.8. The largest absolute Gasteiger partial charge is 0.311 e. The summed E-state index contributed by atoms with van der Waals surface area (Å²) in [5, 5.41) is 13.5. The van der Waals surface area contributed by atoms with E-state index in [1.165, 1.54) is 17.3 Å². The Balaban J connectivity index is 1.22. The van der Waals surface area contributed by atoms with Gasteiger partial charge < -0.3 is 4.90 Å². The van der Waals surface area contributed by atoms with Gasteiger partial charge in [0.25, 0.3) is 0 Å². The molecule has 180 valence electrons. The van der Waals surface area contributed by atoms with Gasteiger partial charge in [0.2, 0.25) is 15.9 Å². The topological polar surface area (TPSA) is 110 Å². The molecule has 0 aliphatic carbocycles. The van der Waals surface area contributed by atoms with E-state index in [2.05, 4.69) is 26.1 Å². The van der Waals surface area contributed by atoms with Crippen LogP contribution in [0.1, 0.15) is 17.0 Å². The van der Waals surface area contributed by atoms with Gasteiger partial charge in [-0.2, -0.15) is 9.61 Å². The van der Waals surface area contributed by atoms with E-state index in [1.54, 1.807) is 34.8 Å². The Morgan fingerprint density at radius 3 is 2.69 bits per heavy atom. The fraction of sp³-hybridized carbons (Fsp3) is 0.250. The van der Waals surface area contributed by atoms with Crippen molar-refractivity contribution in [2.75, 3.05) is 23.7 Å². The molecule has 2 aromatic heterocycles. The summed E-state index contributed by atoms with van der Waals surface area (Å²) in [6.45, 7) is 2.75. The summed E-state index contributed by atoms with van der Waals surface area (Å²) in [7, 11) is -3.61. The Labute approximate surface area is 207 Å². The molecular weight excluding hydrogens is 484 g/mol. The van der Waals surface area contributed by atoms with E-state index in [-0.39, 0.29) is 23.1 Å². The molecule has 1 amide bonds. The first kappa shape index (κ1) is 23.5. The van der Waals surface area contributed by atoms with Gasteiger partial charge in [0.05, 0.1) is 10.6 Å². The van der Waals surface area contributed by atoms with Crippen molar-refractivity contribution in [3.8, 4) is 0 Å². The van der Waals surface area contributed by atoms with Crippen LogP contribution in [0.5, 0.6) is 0 Å². The lowest BCUT2D eigenvalue weighted by Crippen LogP contribution is -2.30. The number of thioether (sulfide) groups is 1. The van der Waals surface area contributed by atoms with Crippen LogP contribution in [0.3, 0.4) is 0 Å². The minimum atomic E-state index is -3.61. The summed E-state index contributed by atoms with van der Waals surface area (Å²) >= 11 is 1.35. The van der Waals surface area contributed by atoms with E-state index in [9.17, 15) is 13.2 Å². The summed E-state index contributed by atoms with van der Waals surface area (Å²) in [5.41, 5.74) is 3.73. The van der Waals surface area contributed by atoms with Crippen molar-refractivity contribution in [1.29, 1.82) is 0 Å². The van der Waals surface area contributed by atoms with Gasteiger partial charge in [-0.25, -0.2) is 13.1 Å². The lowest BCUT2D eigenvalue weighted by atomic mass is 10.2. The highest BCUT2D eigenvalue weighted by atomic mass is 32.2. The number of benzene rings is 2. The number of fused-ring (bicyclic) bond motifs is 2. The van der Waals surface area contributed by atoms with Crippen LogP contribution in [-0.2, 0) is 27.7 Å². The van der Waals surface area contributed by atoms with Crippen molar-refractivity contribution in [3.63, 3.8) is 0 Å². The Morgan fingerprint density at radius 1 is 1.06 bits per heavy atom. The predicted molar refractivity (Wildman–Crippen MR) is 134 cm³/mol. The average Bonchev–Trinajstić information content (AvgIpc) is 3.47. The standard InChI is InChI=1S/C24H24N6O3S2/c1-17-6-8-19(9-7-17)35(32,33)25-14-12-22-27-26-21-10-11-23(28-30(21)22)34-16-24(31)29-15-13-18-4-2-3-5-20(18)29/h2-11,25H,12-16H2,1H3. The van der Waals surface area contributed by atoms with E-state index in [0.717, 1.165) is 17.7 Å². The number of carbonyl (C=O) groups excluding carboxylic acids is 1. The molecule has 0 saturated heterocycles. The molecular formula is C24H24N6O3S2. The van der Waals surface area contributed by atoms with Gasteiger partial charge in [-0.1, -0.05) is 47.7 Å². The second-order valence-electron chi connectivity index (χ2n) is 8.23. The molecule has 1 N–H and O–H groups in total. The lowest BCUT2D eigenvalue weighted by Gasteiger charge is -2.16. The molecule has 0 saturated carbocycles. The first-order chi connectivity index (χ1) is 16.9. The highest BCUT2D eigenvalue weighted by molar-refractivity contribution is 7.99. The summed E-state index contributed by atoms with van der Waals surface area (Å²) in [4.78, 5) is 14.9. The number of rotatable bonds is 8. The molecule has 0 unspecified atom stereocenters. The lowest BCUT2D eigenvalue weighted by molar-refractivity contribution is -0.116. The third kappa shape index (κ3) is 5.07. The van der Waals surface area contributed by atoms with Gasteiger partial charge >= 0.3 is 0 Å². The number of nitrogens with one attached hydrogen (secondary N) is 1. The molecule has 11 heteroatoms. The second-order valence-corrected chi connectivity index (χ2v) is 11.0. The smallest absolute Gasteiger partial charge is 0.240 e. The average molecular weight is 509 g/mol. The van der Waals surface area contributed by atoms with E-state index in [1.807, 2.05) is 36.1 Å². The van der Waals surface area contributed by atoms with E-state index in [0.29, 0.717) is 29.5 Å². The van der Waals surface area contributed by atoms with Crippen molar-refractivity contribution >= 4 is 39.0 Å². The molecule has 0 atom stereocenters. The number of anilines is 1. The van der Waals surface area contributed by atoms with Crippen LogP contribution < -0.4 is 9.62 Å². The normalized spacial score (nSPS) is 13.3. The summed E-state index contributed by atoms with van der Waals surface area (Å²) in [6, 6.07) is 18.3. The molecule has 0 spiro atoms. The molecule has 0 radical (unpaired) electrons. The Kier molecular flexibility index (Phi) is 6.54. The van der Waals surface area contributed by atoms with Gasteiger partial charge in [-0.3, -0.25) is 4.79 Å². The van der Waals surface area contributed by atoms with Crippen LogP contribution in [0.4, 0.5) is 5.69 Å². The minimum absolute atomic E-state index is 0.0383. The quantitative estimate of drug-likeness (QED) is 0.364. The number of amides is 1.